The molecule has 1 unspecified atom stereocenters. The molecule has 0 spiro atoms. The van der Waals surface area contributed by atoms with Gasteiger partial charge in [0.15, 0.2) is 0 Å². The summed E-state index contributed by atoms with van der Waals surface area (Å²) in [6.07, 6.45) is 6.48. The highest BCUT2D eigenvalue weighted by atomic mass is 16.3. The van der Waals surface area contributed by atoms with Crippen molar-refractivity contribution < 1.29 is 5.11 Å². The highest BCUT2D eigenvalue weighted by Gasteiger charge is 2.17. The molecule has 0 bridgehead atoms. The lowest BCUT2D eigenvalue weighted by atomic mass is 10.0. The Hall–Kier alpha value is -2.72. The number of imidazole rings is 1. The maximum Gasteiger partial charge on any atom is 0.137 e. The first-order valence-electron chi connectivity index (χ1n) is 6.77. The van der Waals surface area contributed by atoms with Gasteiger partial charge in [-0.2, -0.15) is 0 Å². The van der Waals surface area contributed by atoms with Crippen molar-refractivity contribution in [2.45, 2.75) is 6.10 Å². The minimum Gasteiger partial charge on any atom is -0.382 e. The normalized spacial score (nSPS) is 12.8. The molecule has 0 aliphatic carbocycles. The highest BCUT2D eigenvalue weighted by Crippen LogP contribution is 2.27. The molecule has 21 heavy (non-hydrogen) atoms. The third-order valence-electron chi connectivity index (χ3n) is 3.66. The summed E-state index contributed by atoms with van der Waals surface area (Å²) in [6.45, 7) is 0. The van der Waals surface area contributed by atoms with Crippen molar-refractivity contribution >= 4 is 16.4 Å². The fourth-order valence-corrected chi connectivity index (χ4v) is 2.60. The fraction of sp³-hybridized carbons (Fsp3) is 0.0588. The van der Waals surface area contributed by atoms with E-state index in [0.717, 1.165) is 22.0 Å². The molecule has 0 saturated heterocycles. The highest BCUT2D eigenvalue weighted by molar-refractivity contribution is 5.85. The lowest BCUT2D eigenvalue weighted by Gasteiger charge is -2.10. The molecule has 3 heterocycles. The van der Waals surface area contributed by atoms with Gasteiger partial charge in [0.25, 0.3) is 0 Å². The number of benzene rings is 1. The van der Waals surface area contributed by atoms with Crippen LogP contribution in [-0.2, 0) is 0 Å². The molecule has 1 atom stereocenters. The van der Waals surface area contributed by atoms with Crippen LogP contribution in [0.2, 0.25) is 0 Å². The molecule has 102 valence electrons. The number of nitrogens with zero attached hydrogens (tertiary/aromatic N) is 3. The minimum absolute atomic E-state index is 0.624. The number of aliphatic hydroxyl groups excluding tert-OH is 1. The second-order valence-corrected chi connectivity index (χ2v) is 4.98. The quantitative estimate of drug-likeness (QED) is 0.612. The van der Waals surface area contributed by atoms with Crippen LogP contribution in [0.5, 0.6) is 0 Å². The van der Waals surface area contributed by atoms with Gasteiger partial charge in [0.05, 0.1) is 5.69 Å². The number of aliphatic hydroxyl groups is 1. The molecule has 0 amide bonds. The van der Waals surface area contributed by atoms with E-state index in [0.29, 0.717) is 5.69 Å². The van der Waals surface area contributed by atoms with Crippen LogP contribution < -0.4 is 0 Å². The summed E-state index contributed by atoms with van der Waals surface area (Å²) in [5.41, 5.74) is 2.22. The van der Waals surface area contributed by atoms with E-state index in [4.69, 9.17) is 0 Å². The van der Waals surface area contributed by atoms with E-state index in [9.17, 15) is 5.11 Å². The molecule has 4 aromatic rings. The van der Waals surface area contributed by atoms with Crippen molar-refractivity contribution in [3.05, 3.63) is 78.5 Å². The minimum atomic E-state index is -0.788. The van der Waals surface area contributed by atoms with Gasteiger partial charge in [0, 0.05) is 35.7 Å². The van der Waals surface area contributed by atoms with Gasteiger partial charge in [-0.15, -0.1) is 0 Å². The van der Waals surface area contributed by atoms with Crippen LogP contribution in [0.4, 0.5) is 0 Å². The first kappa shape index (κ1) is 12.1. The summed E-state index contributed by atoms with van der Waals surface area (Å²) in [6, 6.07) is 13.7. The second kappa shape index (κ2) is 4.68. The Bertz CT molecular complexity index is 891. The zero-order valence-corrected chi connectivity index (χ0v) is 11.2. The summed E-state index contributed by atoms with van der Waals surface area (Å²) >= 11 is 0. The van der Waals surface area contributed by atoms with Crippen LogP contribution in [0.25, 0.3) is 16.4 Å². The Balaban J connectivity index is 1.87. The Morgan fingerprint density at radius 2 is 1.86 bits per heavy atom. The summed E-state index contributed by atoms with van der Waals surface area (Å²) < 4.78 is 1.90. The molecule has 1 aromatic carbocycles. The molecule has 0 aliphatic rings. The van der Waals surface area contributed by atoms with Gasteiger partial charge in [-0.25, -0.2) is 4.98 Å². The van der Waals surface area contributed by atoms with Gasteiger partial charge in [-0.05, 0) is 17.5 Å². The third kappa shape index (κ3) is 1.97. The molecule has 4 nitrogen and oxygen atoms in total. The first-order valence-corrected chi connectivity index (χ1v) is 6.77. The van der Waals surface area contributed by atoms with E-state index in [2.05, 4.69) is 9.97 Å². The molecule has 4 heteroatoms. The molecule has 0 radical (unpaired) electrons. The van der Waals surface area contributed by atoms with Crippen LogP contribution in [0.15, 0.2) is 67.3 Å². The number of hydrogen-bond donors (Lipinski definition) is 1. The average Bonchev–Trinajstić information content (AvgIpc) is 2.97. The van der Waals surface area contributed by atoms with Gasteiger partial charge >= 0.3 is 0 Å². The number of pyridine rings is 2. The molecule has 0 aliphatic heterocycles. The largest absolute Gasteiger partial charge is 0.382 e. The van der Waals surface area contributed by atoms with E-state index in [1.54, 1.807) is 12.4 Å². The summed E-state index contributed by atoms with van der Waals surface area (Å²) in [7, 11) is 0. The van der Waals surface area contributed by atoms with Crippen molar-refractivity contribution in [2.75, 3.05) is 0 Å². The summed E-state index contributed by atoms with van der Waals surface area (Å²) in [5, 5.41) is 12.7. The Labute approximate surface area is 121 Å². The molecule has 1 N–H and O–H groups in total. The SMILES string of the molecule is OC(c1cn2ccccc2n1)c1cncc2ccccc12. The van der Waals surface area contributed by atoms with Crippen molar-refractivity contribution in [1.82, 2.24) is 14.4 Å². The summed E-state index contributed by atoms with van der Waals surface area (Å²) in [5.74, 6) is 0. The summed E-state index contributed by atoms with van der Waals surface area (Å²) in [4.78, 5) is 8.70. The van der Waals surface area contributed by atoms with Gasteiger partial charge in [-0.1, -0.05) is 30.3 Å². The standard InChI is InChI=1S/C17H13N3O/c21-17(15-11-20-8-4-3-7-16(20)19-15)14-10-18-9-12-5-1-2-6-13(12)14/h1-11,17,21H. The average molecular weight is 275 g/mol. The monoisotopic (exact) mass is 275 g/mol. The number of rotatable bonds is 2. The predicted octanol–water partition coefficient (Wildman–Crippen LogP) is 2.96. The van der Waals surface area contributed by atoms with Crippen LogP contribution in [-0.4, -0.2) is 19.5 Å². The van der Waals surface area contributed by atoms with Gasteiger partial charge in [-0.3, -0.25) is 4.98 Å². The topological polar surface area (TPSA) is 50.4 Å². The molecule has 0 saturated carbocycles. The van der Waals surface area contributed by atoms with Gasteiger partial charge < -0.3 is 9.51 Å². The van der Waals surface area contributed by atoms with Crippen molar-refractivity contribution in [3.8, 4) is 0 Å². The number of aromatic nitrogens is 3. The van der Waals surface area contributed by atoms with E-state index >= 15 is 0 Å². The zero-order valence-electron chi connectivity index (χ0n) is 11.2. The number of fused-ring (bicyclic) bond motifs is 2. The molecular weight excluding hydrogens is 262 g/mol. The lowest BCUT2D eigenvalue weighted by Crippen LogP contribution is -2.01. The molecular formula is C17H13N3O. The zero-order chi connectivity index (χ0) is 14.2. The van der Waals surface area contributed by atoms with Crippen LogP contribution >= 0.6 is 0 Å². The number of hydrogen-bond acceptors (Lipinski definition) is 3. The van der Waals surface area contributed by atoms with E-state index < -0.39 is 6.10 Å². The Kier molecular flexibility index (Phi) is 2.69. The molecule has 3 aromatic heterocycles. The van der Waals surface area contributed by atoms with E-state index in [1.807, 2.05) is 59.3 Å². The van der Waals surface area contributed by atoms with Crippen molar-refractivity contribution in [3.63, 3.8) is 0 Å². The van der Waals surface area contributed by atoms with Gasteiger partial charge in [0.2, 0.25) is 0 Å². The molecule has 4 rings (SSSR count). The maximum absolute atomic E-state index is 10.7. The fourth-order valence-electron chi connectivity index (χ4n) is 2.60. The van der Waals surface area contributed by atoms with E-state index in [1.165, 1.54) is 0 Å². The molecule has 0 fully saturated rings. The van der Waals surface area contributed by atoms with Crippen LogP contribution in [0, 0.1) is 0 Å². The van der Waals surface area contributed by atoms with Crippen LogP contribution in [0.1, 0.15) is 17.4 Å². The lowest BCUT2D eigenvalue weighted by molar-refractivity contribution is 0.217. The Morgan fingerprint density at radius 1 is 1.00 bits per heavy atom. The van der Waals surface area contributed by atoms with E-state index in [-0.39, 0.29) is 0 Å². The van der Waals surface area contributed by atoms with Crippen molar-refractivity contribution in [1.29, 1.82) is 0 Å². The Morgan fingerprint density at radius 3 is 2.76 bits per heavy atom. The first-order chi connectivity index (χ1) is 10.3. The van der Waals surface area contributed by atoms with Crippen molar-refractivity contribution in [2.24, 2.45) is 0 Å². The van der Waals surface area contributed by atoms with Gasteiger partial charge in [0.1, 0.15) is 11.8 Å². The second-order valence-electron chi connectivity index (χ2n) is 4.98. The predicted molar refractivity (Wildman–Crippen MR) is 81.0 cm³/mol. The third-order valence-corrected chi connectivity index (χ3v) is 3.66. The maximum atomic E-state index is 10.7. The smallest absolute Gasteiger partial charge is 0.137 e. The van der Waals surface area contributed by atoms with Crippen LogP contribution in [0.3, 0.4) is 0 Å².